The predicted molar refractivity (Wildman–Crippen MR) is 122 cm³/mol. The minimum Gasteiger partial charge on any atom is -0.369 e. The highest BCUT2D eigenvalue weighted by Crippen LogP contribution is 2.41. The van der Waals surface area contributed by atoms with Crippen molar-refractivity contribution in [2.45, 2.75) is 9.79 Å². The van der Waals surface area contributed by atoms with Crippen LogP contribution in [-0.2, 0) is 20.0 Å². The van der Waals surface area contributed by atoms with Crippen LogP contribution in [0.2, 0.25) is 0 Å². The van der Waals surface area contributed by atoms with Gasteiger partial charge in [-0.05, 0) is 22.9 Å². The molecular formula is C18H20N10O4S2. The predicted octanol–water partition coefficient (Wildman–Crippen LogP) is -0.766. The number of aromatic amines is 2. The summed E-state index contributed by atoms with van der Waals surface area (Å²) in [6.45, 7) is 1.22. The maximum atomic E-state index is 13.5. The van der Waals surface area contributed by atoms with Crippen molar-refractivity contribution in [1.82, 2.24) is 40.2 Å². The van der Waals surface area contributed by atoms with Gasteiger partial charge in [0.1, 0.15) is 9.79 Å². The minimum absolute atomic E-state index is 0.110. The molecule has 16 heteroatoms. The number of fused-ring (bicyclic) bond motifs is 1. The fraction of sp³-hybridized carbons (Fsp3) is 0.222. The van der Waals surface area contributed by atoms with E-state index in [1.165, 1.54) is 16.4 Å². The van der Waals surface area contributed by atoms with E-state index in [1.54, 1.807) is 18.2 Å². The zero-order chi connectivity index (χ0) is 24.1. The Morgan fingerprint density at radius 3 is 2.44 bits per heavy atom. The van der Waals surface area contributed by atoms with Crippen LogP contribution in [0.25, 0.3) is 33.5 Å². The van der Waals surface area contributed by atoms with E-state index >= 15 is 0 Å². The molecule has 2 aromatic heterocycles. The summed E-state index contributed by atoms with van der Waals surface area (Å²) in [7, 11) is -8.81. The summed E-state index contributed by atoms with van der Waals surface area (Å²) in [5.41, 5.74) is 7.53. The molecule has 1 aliphatic heterocycles. The Labute approximate surface area is 193 Å². The molecule has 1 saturated heterocycles. The van der Waals surface area contributed by atoms with Gasteiger partial charge in [-0.3, -0.25) is 0 Å². The molecule has 0 amide bonds. The highest BCUT2D eigenvalue weighted by atomic mass is 32.2. The summed E-state index contributed by atoms with van der Waals surface area (Å²) >= 11 is 0. The number of piperazine rings is 1. The highest BCUT2D eigenvalue weighted by molar-refractivity contribution is 7.92. The summed E-state index contributed by atoms with van der Waals surface area (Å²) in [4.78, 5) is 6.12. The fourth-order valence-electron chi connectivity index (χ4n) is 4.06. The lowest BCUT2D eigenvalue weighted by molar-refractivity contribution is 0.359. The number of nitrogens with two attached hydrogens (primary N) is 2. The van der Waals surface area contributed by atoms with E-state index in [1.807, 2.05) is 0 Å². The lowest BCUT2D eigenvalue weighted by atomic mass is 9.98. The third kappa shape index (κ3) is 3.70. The number of rotatable bonds is 5. The molecule has 34 heavy (non-hydrogen) atoms. The Kier molecular flexibility index (Phi) is 5.33. The number of aromatic nitrogens is 6. The number of benzene rings is 2. The van der Waals surface area contributed by atoms with Crippen molar-refractivity contribution in [1.29, 1.82) is 0 Å². The van der Waals surface area contributed by atoms with Gasteiger partial charge in [0.25, 0.3) is 0 Å². The van der Waals surface area contributed by atoms with E-state index in [-0.39, 0.29) is 30.4 Å². The van der Waals surface area contributed by atoms with Crippen LogP contribution in [0.1, 0.15) is 0 Å². The normalized spacial score (nSPS) is 15.7. The van der Waals surface area contributed by atoms with Gasteiger partial charge in [-0.15, -0.1) is 10.2 Å². The second kappa shape index (κ2) is 8.10. The molecule has 0 spiro atoms. The number of nitrogens with zero attached hydrogens (tertiary/aromatic N) is 5. The molecule has 5 rings (SSSR count). The Morgan fingerprint density at radius 2 is 1.76 bits per heavy atom. The van der Waals surface area contributed by atoms with Crippen molar-refractivity contribution in [2.75, 3.05) is 31.9 Å². The number of anilines is 1. The second-order valence-electron chi connectivity index (χ2n) is 7.57. The van der Waals surface area contributed by atoms with Gasteiger partial charge >= 0.3 is 0 Å². The second-order valence-corrected chi connectivity index (χ2v) is 11.0. The van der Waals surface area contributed by atoms with E-state index < -0.39 is 29.8 Å². The zero-order valence-electron chi connectivity index (χ0n) is 17.6. The monoisotopic (exact) mass is 504 g/mol. The number of nitrogens with one attached hydrogen (secondary N) is 3. The Morgan fingerprint density at radius 1 is 1.00 bits per heavy atom. The molecule has 0 bridgehead atoms. The first-order valence-corrected chi connectivity index (χ1v) is 13.1. The van der Waals surface area contributed by atoms with Gasteiger partial charge in [0.15, 0.2) is 5.95 Å². The molecule has 0 aliphatic carbocycles. The van der Waals surface area contributed by atoms with Gasteiger partial charge in [-0.2, -0.15) is 9.52 Å². The van der Waals surface area contributed by atoms with Crippen LogP contribution >= 0.6 is 0 Å². The van der Waals surface area contributed by atoms with Crippen molar-refractivity contribution in [3.8, 4) is 22.5 Å². The van der Waals surface area contributed by atoms with E-state index in [4.69, 9.17) is 10.9 Å². The van der Waals surface area contributed by atoms with Crippen molar-refractivity contribution in [2.24, 2.45) is 5.14 Å². The van der Waals surface area contributed by atoms with Crippen LogP contribution in [-0.4, -0.2) is 77.9 Å². The number of hydrogen-bond acceptors (Lipinski definition) is 10. The number of sulfonamides is 2. The molecule has 1 aliphatic rings. The molecule has 3 heterocycles. The van der Waals surface area contributed by atoms with E-state index in [0.717, 1.165) is 0 Å². The van der Waals surface area contributed by atoms with Gasteiger partial charge in [-0.1, -0.05) is 18.2 Å². The average molecular weight is 505 g/mol. The van der Waals surface area contributed by atoms with Crippen LogP contribution in [0, 0.1) is 0 Å². The molecule has 0 saturated carbocycles. The van der Waals surface area contributed by atoms with Crippen LogP contribution < -0.4 is 16.2 Å². The Hall–Kier alpha value is -3.44. The van der Waals surface area contributed by atoms with Gasteiger partial charge in [0, 0.05) is 31.7 Å². The molecular weight excluding hydrogens is 484 g/mol. The topological polar surface area (TPSA) is 219 Å². The molecule has 14 nitrogen and oxygen atoms in total. The molecule has 178 valence electrons. The van der Waals surface area contributed by atoms with Crippen molar-refractivity contribution < 1.29 is 16.8 Å². The zero-order valence-corrected chi connectivity index (χ0v) is 19.2. The number of H-pyrrole nitrogens is 2. The third-order valence-electron chi connectivity index (χ3n) is 5.49. The van der Waals surface area contributed by atoms with E-state index in [2.05, 4.69) is 35.9 Å². The lowest BCUT2D eigenvalue weighted by Gasteiger charge is -2.28. The summed E-state index contributed by atoms with van der Waals surface area (Å²) in [5.74, 6) is 0.0185. The fourth-order valence-corrected chi connectivity index (χ4v) is 7.07. The summed E-state index contributed by atoms with van der Waals surface area (Å²) in [5, 5.41) is 22.3. The number of hydrogen-bond donors (Lipinski definition) is 5. The summed E-state index contributed by atoms with van der Waals surface area (Å²) in [6, 6.07) is 7.87. The van der Waals surface area contributed by atoms with Crippen LogP contribution in [0.15, 0.2) is 40.1 Å². The maximum Gasteiger partial charge on any atom is 0.244 e. The maximum absolute atomic E-state index is 13.5. The largest absolute Gasteiger partial charge is 0.369 e. The molecule has 2 aromatic carbocycles. The number of nitrogen functional groups attached to an aromatic ring is 1. The lowest BCUT2D eigenvalue weighted by Crippen LogP contribution is -2.46. The third-order valence-corrected chi connectivity index (χ3v) is 8.55. The van der Waals surface area contributed by atoms with E-state index in [0.29, 0.717) is 35.2 Å². The first-order chi connectivity index (χ1) is 16.2. The number of para-hydroxylation sites is 1. The van der Waals surface area contributed by atoms with Crippen molar-refractivity contribution >= 4 is 37.0 Å². The van der Waals surface area contributed by atoms with Gasteiger partial charge < -0.3 is 16.0 Å². The minimum atomic E-state index is -4.59. The summed E-state index contributed by atoms with van der Waals surface area (Å²) < 4.78 is 54.1. The molecule has 1 fully saturated rings. The molecule has 4 aromatic rings. The molecule has 0 unspecified atom stereocenters. The van der Waals surface area contributed by atoms with Crippen LogP contribution in [0.4, 0.5) is 5.95 Å². The number of imidazole rings is 1. The quantitative estimate of drug-likeness (QED) is 0.228. The summed E-state index contributed by atoms with van der Waals surface area (Å²) in [6.07, 6.45) is 0. The first-order valence-electron chi connectivity index (χ1n) is 10.1. The van der Waals surface area contributed by atoms with Crippen LogP contribution in [0.3, 0.4) is 0 Å². The molecule has 7 N–H and O–H groups in total. The van der Waals surface area contributed by atoms with Crippen molar-refractivity contribution in [3.63, 3.8) is 0 Å². The van der Waals surface area contributed by atoms with Gasteiger partial charge in [0.2, 0.25) is 25.9 Å². The van der Waals surface area contributed by atoms with E-state index in [9.17, 15) is 16.8 Å². The highest BCUT2D eigenvalue weighted by Gasteiger charge is 2.36. The number of primary sulfonamides is 1. The molecule has 0 radical (unpaired) electrons. The Balaban J connectivity index is 1.87. The average Bonchev–Trinajstić information content (AvgIpc) is 3.47. The standard InChI is InChI=1S/C18H20N10O4S2/c19-18-22-12-3-1-2-11(15(12)23-18)10-4-5-13(34(31,32)28-8-6-21-7-9-28)16(33(20,29)30)14(10)17-24-26-27-25-17/h1-5,21H,6-9H2,(H3,19,22,23)(H2,20,29,30)(H,24,25,26,27). The molecule has 0 atom stereocenters. The number of tetrazole rings is 1. The first kappa shape index (κ1) is 22.4. The van der Waals surface area contributed by atoms with Gasteiger partial charge in [0.05, 0.1) is 16.6 Å². The Bertz CT molecular complexity index is 1590. The van der Waals surface area contributed by atoms with Crippen LogP contribution in [0.5, 0.6) is 0 Å². The SMILES string of the molecule is Nc1nc2c(-c3ccc(S(=O)(=O)N4CCNCC4)c(S(N)(=O)=O)c3-c3nn[nH]n3)cccc2[nH]1. The smallest absolute Gasteiger partial charge is 0.244 e. The van der Waals surface area contributed by atoms with Crippen molar-refractivity contribution in [3.05, 3.63) is 30.3 Å². The van der Waals surface area contributed by atoms with Gasteiger partial charge in [-0.25, -0.2) is 27.0 Å².